The van der Waals surface area contributed by atoms with E-state index in [2.05, 4.69) is 10.3 Å². The number of hydrogen-bond acceptors (Lipinski definition) is 5. The van der Waals surface area contributed by atoms with Crippen LogP contribution >= 0.6 is 0 Å². The summed E-state index contributed by atoms with van der Waals surface area (Å²) in [6.07, 6.45) is 0.0902. The topological polar surface area (TPSA) is 114 Å². The summed E-state index contributed by atoms with van der Waals surface area (Å²) < 4.78 is 13.9. The van der Waals surface area contributed by atoms with Crippen LogP contribution in [0.25, 0.3) is 10.9 Å². The number of aliphatic hydroxyl groups is 1. The molecule has 1 aromatic heterocycles. The van der Waals surface area contributed by atoms with E-state index in [0.29, 0.717) is 10.9 Å². The number of amides is 1. The molecule has 19 heavy (non-hydrogen) atoms. The number of nitrogen functional groups attached to an aromatic ring is 1. The Labute approximate surface area is 108 Å². The number of nitrogens with one attached hydrogen (secondary N) is 1. The van der Waals surface area contributed by atoms with Gasteiger partial charge in [0.15, 0.2) is 5.82 Å². The maximum absolute atomic E-state index is 13.9. The fourth-order valence-corrected chi connectivity index (χ4v) is 1.70. The number of aliphatic hydroxyl groups excluding tert-OH is 1. The molecule has 0 fully saturated rings. The molecule has 0 saturated carbocycles. The molecule has 7 heteroatoms. The van der Waals surface area contributed by atoms with Crippen molar-refractivity contribution in [1.82, 2.24) is 4.98 Å². The van der Waals surface area contributed by atoms with E-state index in [1.807, 2.05) is 0 Å². The van der Waals surface area contributed by atoms with Crippen molar-refractivity contribution in [2.75, 3.05) is 17.6 Å². The van der Waals surface area contributed by atoms with E-state index in [0.717, 1.165) is 6.07 Å². The second kappa shape index (κ2) is 5.07. The van der Waals surface area contributed by atoms with E-state index >= 15 is 0 Å². The lowest BCUT2D eigenvalue weighted by Crippen LogP contribution is -2.34. The lowest BCUT2D eigenvalue weighted by atomic mass is 10.1. The van der Waals surface area contributed by atoms with E-state index < -0.39 is 17.8 Å². The molecule has 2 aromatic rings. The van der Waals surface area contributed by atoms with Gasteiger partial charge in [-0.25, -0.2) is 4.39 Å². The molecule has 1 heterocycles. The van der Waals surface area contributed by atoms with Crippen LogP contribution in [0.4, 0.5) is 15.8 Å². The highest BCUT2D eigenvalue weighted by Crippen LogP contribution is 2.29. The molecule has 0 radical (unpaired) electrons. The van der Waals surface area contributed by atoms with Gasteiger partial charge in [-0.2, -0.15) is 0 Å². The third-order valence-electron chi connectivity index (χ3n) is 2.68. The van der Waals surface area contributed by atoms with Gasteiger partial charge in [0, 0.05) is 17.3 Å². The van der Waals surface area contributed by atoms with Gasteiger partial charge in [-0.3, -0.25) is 9.78 Å². The van der Waals surface area contributed by atoms with Gasteiger partial charge in [-0.15, -0.1) is 0 Å². The first kappa shape index (κ1) is 13.0. The summed E-state index contributed by atoms with van der Waals surface area (Å²) >= 11 is 0. The van der Waals surface area contributed by atoms with Gasteiger partial charge in [0.05, 0.1) is 17.7 Å². The van der Waals surface area contributed by atoms with Gasteiger partial charge in [0.1, 0.15) is 6.10 Å². The number of nitrogens with zero attached hydrogens (tertiary/aromatic N) is 1. The number of hydrogen-bond donors (Lipinski definition) is 4. The molecule has 0 bridgehead atoms. The average molecular weight is 264 g/mol. The van der Waals surface area contributed by atoms with Crippen molar-refractivity contribution in [3.8, 4) is 0 Å². The van der Waals surface area contributed by atoms with E-state index in [1.54, 1.807) is 12.1 Å². The highest BCUT2D eigenvalue weighted by atomic mass is 19.1. The quantitative estimate of drug-likeness (QED) is 0.589. The Bertz CT molecular complexity index is 632. The Hall–Kier alpha value is -2.41. The van der Waals surface area contributed by atoms with Crippen LogP contribution in [0, 0.1) is 5.82 Å². The van der Waals surface area contributed by atoms with Crippen molar-refractivity contribution in [3.05, 3.63) is 30.2 Å². The Morgan fingerprint density at radius 3 is 3.00 bits per heavy atom. The monoisotopic (exact) mass is 264 g/mol. The summed E-state index contributed by atoms with van der Waals surface area (Å²) in [5.74, 6) is -1.50. The Morgan fingerprint density at radius 2 is 2.32 bits per heavy atom. The van der Waals surface area contributed by atoms with Crippen molar-refractivity contribution < 1.29 is 14.3 Å². The predicted octanol–water partition coefficient (Wildman–Crippen LogP) is 0.214. The van der Waals surface area contributed by atoms with Gasteiger partial charge in [0.2, 0.25) is 5.91 Å². The second-order valence-electron chi connectivity index (χ2n) is 4.02. The van der Waals surface area contributed by atoms with E-state index in [9.17, 15) is 14.3 Å². The van der Waals surface area contributed by atoms with E-state index in [-0.39, 0.29) is 17.9 Å². The summed E-state index contributed by atoms with van der Waals surface area (Å²) in [6, 6.07) is 4.54. The van der Waals surface area contributed by atoms with Crippen LogP contribution in [0.2, 0.25) is 0 Å². The van der Waals surface area contributed by atoms with Crippen LogP contribution in [-0.2, 0) is 4.79 Å². The van der Waals surface area contributed by atoms with Crippen LogP contribution < -0.4 is 16.8 Å². The molecule has 2 rings (SSSR count). The summed E-state index contributed by atoms with van der Waals surface area (Å²) in [5, 5.41) is 12.5. The van der Waals surface area contributed by atoms with Crippen LogP contribution in [0.15, 0.2) is 24.4 Å². The molecule has 0 spiro atoms. The van der Waals surface area contributed by atoms with E-state index in [1.165, 1.54) is 6.20 Å². The van der Waals surface area contributed by atoms with Crippen molar-refractivity contribution in [2.45, 2.75) is 6.10 Å². The molecule has 1 aromatic carbocycles. The molecule has 1 amide bonds. The minimum absolute atomic E-state index is 0.0742. The van der Waals surface area contributed by atoms with Crippen LogP contribution in [0.5, 0.6) is 0 Å². The molecule has 1 unspecified atom stereocenters. The molecule has 100 valence electrons. The third kappa shape index (κ3) is 2.55. The fraction of sp³-hybridized carbons (Fsp3) is 0.167. The number of primary amides is 1. The fourth-order valence-electron chi connectivity index (χ4n) is 1.70. The number of carbonyl (C=O) groups excluding carboxylic acids is 1. The van der Waals surface area contributed by atoms with Crippen molar-refractivity contribution in [2.24, 2.45) is 5.73 Å². The smallest absolute Gasteiger partial charge is 0.248 e. The zero-order valence-corrected chi connectivity index (χ0v) is 9.93. The number of halogens is 1. The number of aromatic nitrogens is 1. The maximum atomic E-state index is 13.9. The first-order valence-corrected chi connectivity index (χ1v) is 5.54. The molecular weight excluding hydrogens is 251 g/mol. The van der Waals surface area contributed by atoms with Crippen molar-refractivity contribution >= 4 is 28.2 Å². The van der Waals surface area contributed by atoms with Crippen LogP contribution in [-0.4, -0.2) is 28.6 Å². The van der Waals surface area contributed by atoms with Gasteiger partial charge in [0.25, 0.3) is 0 Å². The number of anilines is 2. The van der Waals surface area contributed by atoms with Crippen molar-refractivity contribution in [1.29, 1.82) is 0 Å². The van der Waals surface area contributed by atoms with E-state index in [4.69, 9.17) is 11.5 Å². The largest absolute Gasteiger partial charge is 0.398 e. The Kier molecular flexibility index (Phi) is 3.48. The predicted molar refractivity (Wildman–Crippen MR) is 69.8 cm³/mol. The number of fused-ring (bicyclic) bond motifs is 1. The third-order valence-corrected chi connectivity index (χ3v) is 2.68. The number of pyridine rings is 1. The molecule has 0 aliphatic heterocycles. The second-order valence-corrected chi connectivity index (χ2v) is 4.02. The van der Waals surface area contributed by atoms with Gasteiger partial charge in [-0.1, -0.05) is 0 Å². The van der Waals surface area contributed by atoms with Crippen LogP contribution in [0.1, 0.15) is 0 Å². The Morgan fingerprint density at radius 1 is 1.58 bits per heavy atom. The standard InChI is InChI=1S/C12H13FN4O2/c13-7-4-8(14)6-2-1-3-16-10(6)11(7)17-5-9(18)12(15)19/h1-4,9,17-18H,5,14H2,(H2,15,19). The first-order valence-electron chi connectivity index (χ1n) is 5.54. The molecular formula is C12H13FN4O2. The molecule has 1 atom stereocenters. The van der Waals surface area contributed by atoms with Gasteiger partial charge in [-0.05, 0) is 18.2 Å². The Balaban J connectivity index is 2.40. The van der Waals surface area contributed by atoms with Crippen LogP contribution in [0.3, 0.4) is 0 Å². The summed E-state index contributed by atoms with van der Waals surface area (Å²) in [6.45, 7) is -0.207. The van der Waals surface area contributed by atoms with Gasteiger partial charge < -0.3 is 21.9 Å². The molecule has 6 N–H and O–H groups in total. The summed E-state index contributed by atoms with van der Waals surface area (Å²) in [5.41, 5.74) is 11.3. The first-order chi connectivity index (χ1) is 9.00. The minimum atomic E-state index is -1.41. The normalized spacial score (nSPS) is 12.3. The minimum Gasteiger partial charge on any atom is -0.398 e. The van der Waals surface area contributed by atoms with Gasteiger partial charge >= 0.3 is 0 Å². The lowest BCUT2D eigenvalue weighted by Gasteiger charge is -2.13. The molecule has 0 aliphatic rings. The van der Waals surface area contributed by atoms with Crippen molar-refractivity contribution in [3.63, 3.8) is 0 Å². The highest BCUT2D eigenvalue weighted by Gasteiger charge is 2.15. The lowest BCUT2D eigenvalue weighted by molar-refractivity contribution is -0.125. The molecule has 0 saturated heterocycles. The summed E-state index contributed by atoms with van der Waals surface area (Å²) in [7, 11) is 0. The number of rotatable bonds is 4. The number of benzene rings is 1. The highest BCUT2D eigenvalue weighted by molar-refractivity contribution is 5.98. The zero-order chi connectivity index (χ0) is 14.0. The number of carbonyl (C=O) groups is 1. The SMILES string of the molecule is NC(=O)C(O)CNc1c(F)cc(N)c2cccnc12. The zero-order valence-electron chi connectivity index (χ0n) is 9.93. The molecule has 6 nitrogen and oxygen atoms in total. The average Bonchev–Trinajstić information content (AvgIpc) is 2.38. The summed E-state index contributed by atoms with van der Waals surface area (Å²) in [4.78, 5) is 14.8. The molecule has 0 aliphatic carbocycles. The maximum Gasteiger partial charge on any atom is 0.248 e. The number of nitrogens with two attached hydrogens (primary N) is 2.